The molecule has 1 N–H and O–H groups in total. The molecule has 0 amide bonds. The average Bonchev–Trinajstić information content (AvgIpc) is 2.88. The van der Waals surface area contributed by atoms with Crippen molar-refractivity contribution in [2.75, 3.05) is 24.5 Å². The molecule has 1 unspecified atom stereocenters. The minimum Gasteiger partial charge on any atom is -0.371 e. The van der Waals surface area contributed by atoms with Crippen LogP contribution in [-0.2, 0) is 6.54 Å². The van der Waals surface area contributed by atoms with Crippen LogP contribution in [0.15, 0.2) is 22.7 Å². The first kappa shape index (κ1) is 15.8. The lowest BCUT2D eigenvalue weighted by Gasteiger charge is -2.23. The molecule has 0 aliphatic carbocycles. The Balaban J connectivity index is 2.06. The van der Waals surface area contributed by atoms with Crippen LogP contribution in [-0.4, -0.2) is 19.6 Å². The molecular weight excluding hydrogens is 312 g/mol. The van der Waals surface area contributed by atoms with E-state index in [1.807, 2.05) is 0 Å². The number of halogens is 1. The van der Waals surface area contributed by atoms with E-state index in [-0.39, 0.29) is 0 Å². The van der Waals surface area contributed by atoms with Gasteiger partial charge in [-0.3, -0.25) is 0 Å². The smallest absolute Gasteiger partial charge is 0.0412 e. The predicted octanol–water partition coefficient (Wildman–Crippen LogP) is 4.58. The van der Waals surface area contributed by atoms with Gasteiger partial charge in [-0.2, -0.15) is 0 Å². The van der Waals surface area contributed by atoms with Crippen molar-refractivity contribution in [3.8, 4) is 0 Å². The third kappa shape index (κ3) is 4.23. The summed E-state index contributed by atoms with van der Waals surface area (Å²) in [6.45, 7) is 9.01. The van der Waals surface area contributed by atoms with Crippen molar-refractivity contribution in [3.05, 3.63) is 28.2 Å². The Kier molecular flexibility index (Phi) is 6.37. The van der Waals surface area contributed by atoms with Gasteiger partial charge in [0.2, 0.25) is 0 Å². The molecule has 1 aliphatic rings. The van der Waals surface area contributed by atoms with Crippen molar-refractivity contribution in [1.82, 2.24) is 5.32 Å². The number of hydrogen-bond donors (Lipinski definition) is 1. The summed E-state index contributed by atoms with van der Waals surface area (Å²) in [5.41, 5.74) is 2.85. The van der Waals surface area contributed by atoms with Crippen molar-refractivity contribution >= 4 is 21.6 Å². The van der Waals surface area contributed by atoms with Crippen molar-refractivity contribution in [2.45, 2.75) is 46.1 Å². The molecular formula is C17H27BrN2. The van der Waals surface area contributed by atoms with E-state index in [0.717, 1.165) is 19.0 Å². The highest BCUT2D eigenvalue weighted by Crippen LogP contribution is 2.30. The highest BCUT2D eigenvalue weighted by atomic mass is 79.9. The van der Waals surface area contributed by atoms with Crippen molar-refractivity contribution < 1.29 is 0 Å². The molecule has 1 aromatic carbocycles. The van der Waals surface area contributed by atoms with Crippen LogP contribution < -0.4 is 10.2 Å². The molecule has 0 radical (unpaired) electrons. The van der Waals surface area contributed by atoms with Crippen molar-refractivity contribution in [1.29, 1.82) is 0 Å². The van der Waals surface area contributed by atoms with Crippen LogP contribution in [0.5, 0.6) is 0 Å². The van der Waals surface area contributed by atoms with Gasteiger partial charge >= 0.3 is 0 Å². The zero-order valence-electron chi connectivity index (χ0n) is 12.8. The molecule has 2 rings (SSSR count). The highest BCUT2D eigenvalue weighted by Gasteiger charge is 2.23. The maximum Gasteiger partial charge on any atom is 0.0412 e. The molecule has 1 aliphatic heterocycles. The quantitative estimate of drug-likeness (QED) is 0.732. The van der Waals surface area contributed by atoms with Crippen LogP contribution in [0.25, 0.3) is 0 Å². The monoisotopic (exact) mass is 338 g/mol. The molecule has 20 heavy (non-hydrogen) atoms. The fraction of sp³-hybridized carbons (Fsp3) is 0.647. The van der Waals surface area contributed by atoms with Gasteiger partial charge in [0.25, 0.3) is 0 Å². The van der Waals surface area contributed by atoms with Crippen molar-refractivity contribution in [2.24, 2.45) is 5.92 Å². The summed E-state index contributed by atoms with van der Waals surface area (Å²) in [6, 6.07) is 6.72. The Morgan fingerprint density at radius 3 is 2.90 bits per heavy atom. The maximum absolute atomic E-state index is 3.60. The molecule has 1 heterocycles. The third-order valence-corrected chi connectivity index (χ3v) is 4.60. The topological polar surface area (TPSA) is 15.3 Å². The first-order valence-electron chi connectivity index (χ1n) is 7.98. The molecule has 1 aromatic rings. The number of benzene rings is 1. The summed E-state index contributed by atoms with van der Waals surface area (Å²) >= 11 is 3.60. The minimum atomic E-state index is 0.889. The second-order valence-electron chi connectivity index (χ2n) is 5.84. The lowest BCUT2D eigenvalue weighted by atomic mass is 10.0. The van der Waals surface area contributed by atoms with Gasteiger partial charge in [0.1, 0.15) is 0 Å². The number of nitrogens with zero attached hydrogens (tertiary/aromatic N) is 1. The van der Waals surface area contributed by atoms with Crippen LogP contribution in [0.2, 0.25) is 0 Å². The number of rotatable bonds is 7. The van der Waals surface area contributed by atoms with E-state index < -0.39 is 0 Å². The molecule has 3 heteroatoms. The summed E-state index contributed by atoms with van der Waals surface area (Å²) in [7, 11) is 0. The van der Waals surface area contributed by atoms with E-state index in [0.29, 0.717) is 0 Å². The second kappa shape index (κ2) is 8.04. The van der Waals surface area contributed by atoms with E-state index in [4.69, 9.17) is 0 Å². The lowest BCUT2D eigenvalue weighted by Crippen LogP contribution is -2.23. The standard InChI is InChI=1S/C17H27BrN2/c1-3-5-14-8-10-20(13-14)17-7-6-16(18)11-15(17)12-19-9-4-2/h6-7,11,14,19H,3-5,8-10,12-13H2,1-2H3. The summed E-state index contributed by atoms with van der Waals surface area (Å²) < 4.78 is 1.18. The van der Waals surface area contributed by atoms with E-state index in [1.54, 1.807) is 0 Å². The normalized spacial score (nSPS) is 18.8. The second-order valence-corrected chi connectivity index (χ2v) is 6.75. The van der Waals surface area contributed by atoms with Gasteiger partial charge < -0.3 is 10.2 Å². The molecule has 0 saturated carbocycles. The fourth-order valence-corrected chi connectivity index (χ4v) is 3.51. The fourth-order valence-electron chi connectivity index (χ4n) is 3.10. The Morgan fingerprint density at radius 2 is 2.15 bits per heavy atom. The maximum atomic E-state index is 3.60. The lowest BCUT2D eigenvalue weighted by molar-refractivity contribution is 0.529. The number of anilines is 1. The zero-order valence-corrected chi connectivity index (χ0v) is 14.4. The summed E-state index contributed by atoms with van der Waals surface area (Å²) in [6.07, 6.45) is 5.22. The Bertz CT molecular complexity index is 419. The van der Waals surface area contributed by atoms with Gasteiger partial charge in [0.05, 0.1) is 0 Å². The Labute approximate surface area is 132 Å². The van der Waals surface area contributed by atoms with E-state index in [9.17, 15) is 0 Å². The average molecular weight is 339 g/mol. The van der Waals surface area contributed by atoms with Gasteiger partial charge in [-0.1, -0.05) is 36.2 Å². The summed E-state index contributed by atoms with van der Waals surface area (Å²) in [5.74, 6) is 0.889. The molecule has 1 saturated heterocycles. The van der Waals surface area contributed by atoms with Crippen LogP contribution in [0, 0.1) is 5.92 Å². The van der Waals surface area contributed by atoms with Gasteiger partial charge in [-0.05, 0) is 55.5 Å². The number of nitrogens with one attached hydrogen (secondary N) is 1. The van der Waals surface area contributed by atoms with Gasteiger partial charge in [-0.15, -0.1) is 0 Å². The third-order valence-electron chi connectivity index (χ3n) is 4.11. The van der Waals surface area contributed by atoms with Crippen molar-refractivity contribution in [3.63, 3.8) is 0 Å². The zero-order chi connectivity index (χ0) is 14.4. The molecule has 0 bridgehead atoms. The van der Waals surface area contributed by atoms with Crippen LogP contribution in [0.1, 0.15) is 45.1 Å². The van der Waals surface area contributed by atoms with Gasteiger partial charge in [0.15, 0.2) is 0 Å². The van der Waals surface area contributed by atoms with Gasteiger partial charge in [-0.25, -0.2) is 0 Å². The number of hydrogen-bond acceptors (Lipinski definition) is 2. The van der Waals surface area contributed by atoms with Crippen LogP contribution >= 0.6 is 15.9 Å². The predicted molar refractivity (Wildman–Crippen MR) is 91.4 cm³/mol. The molecule has 0 aromatic heterocycles. The SMILES string of the molecule is CCCNCc1cc(Br)ccc1N1CCC(CCC)C1. The summed E-state index contributed by atoms with van der Waals surface area (Å²) in [4.78, 5) is 2.58. The van der Waals surface area contributed by atoms with E-state index in [1.165, 1.54) is 54.5 Å². The molecule has 1 atom stereocenters. The molecule has 112 valence electrons. The first-order valence-corrected chi connectivity index (χ1v) is 8.78. The Hall–Kier alpha value is -0.540. The molecule has 2 nitrogen and oxygen atoms in total. The van der Waals surface area contributed by atoms with Crippen LogP contribution in [0.4, 0.5) is 5.69 Å². The molecule has 0 spiro atoms. The Morgan fingerprint density at radius 1 is 1.30 bits per heavy atom. The minimum absolute atomic E-state index is 0.889. The van der Waals surface area contributed by atoms with E-state index >= 15 is 0 Å². The van der Waals surface area contributed by atoms with Gasteiger partial charge in [0, 0.05) is 29.8 Å². The first-order chi connectivity index (χ1) is 9.74. The van der Waals surface area contributed by atoms with E-state index in [2.05, 4.69) is 58.2 Å². The highest BCUT2D eigenvalue weighted by molar-refractivity contribution is 9.10. The largest absolute Gasteiger partial charge is 0.371 e. The van der Waals surface area contributed by atoms with Crippen LogP contribution in [0.3, 0.4) is 0 Å². The molecule has 1 fully saturated rings. The summed E-state index contributed by atoms with van der Waals surface area (Å²) in [5, 5.41) is 3.53.